The SMILES string of the molecule is CCOC(=O)c1cn2c3c(c(F)c(F)cc3c1=O)OCC21CCC1. The van der Waals surface area contributed by atoms with Crippen LogP contribution >= 0.6 is 0 Å². The smallest absolute Gasteiger partial charge is 0.343 e. The molecule has 0 N–H and O–H groups in total. The highest BCUT2D eigenvalue weighted by molar-refractivity contribution is 5.95. The van der Waals surface area contributed by atoms with Gasteiger partial charge in [-0.1, -0.05) is 0 Å². The molecule has 0 bridgehead atoms. The number of rotatable bonds is 2. The number of hydrogen-bond donors (Lipinski definition) is 0. The highest BCUT2D eigenvalue weighted by Gasteiger charge is 2.44. The zero-order valence-electron chi connectivity index (χ0n) is 13.0. The van der Waals surface area contributed by atoms with Gasteiger partial charge in [0, 0.05) is 6.20 Å². The maximum absolute atomic E-state index is 14.1. The number of aromatic nitrogens is 1. The molecule has 2 aromatic rings. The fourth-order valence-corrected chi connectivity index (χ4v) is 3.51. The third-order valence-corrected chi connectivity index (χ3v) is 4.91. The number of nitrogens with zero attached hydrogens (tertiary/aromatic N) is 1. The molecule has 1 aromatic heterocycles. The molecule has 2 aliphatic rings. The minimum absolute atomic E-state index is 0.0690. The monoisotopic (exact) mass is 335 g/mol. The molecule has 4 rings (SSSR count). The number of fused-ring (bicyclic) bond motifs is 1. The summed E-state index contributed by atoms with van der Waals surface area (Å²) in [5.41, 5.74) is -1.07. The van der Waals surface area contributed by atoms with E-state index in [4.69, 9.17) is 9.47 Å². The quantitative estimate of drug-likeness (QED) is 0.792. The van der Waals surface area contributed by atoms with Crippen molar-refractivity contribution in [3.05, 3.63) is 39.7 Å². The molecule has 1 fully saturated rings. The normalized spacial score (nSPS) is 17.5. The molecule has 1 saturated carbocycles. The Hall–Kier alpha value is -2.44. The Balaban J connectivity index is 2.10. The number of carbonyl (C=O) groups is 1. The fraction of sp³-hybridized carbons (Fsp3) is 0.412. The summed E-state index contributed by atoms with van der Waals surface area (Å²) in [6.45, 7) is 1.93. The van der Waals surface area contributed by atoms with Crippen LogP contribution in [0, 0.1) is 11.6 Å². The average Bonchev–Trinajstić information content (AvgIpc) is 2.53. The van der Waals surface area contributed by atoms with E-state index in [1.165, 1.54) is 6.20 Å². The zero-order chi connectivity index (χ0) is 17.1. The van der Waals surface area contributed by atoms with Crippen LogP contribution in [0.1, 0.15) is 36.5 Å². The second-order valence-electron chi connectivity index (χ2n) is 6.23. The molecule has 1 aliphatic heterocycles. The number of hydrogen-bond acceptors (Lipinski definition) is 4. The number of esters is 1. The summed E-state index contributed by atoms with van der Waals surface area (Å²) in [5, 5.41) is -0.0690. The Morgan fingerprint density at radius 1 is 1.42 bits per heavy atom. The fourth-order valence-electron chi connectivity index (χ4n) is 3.51. The number of pyridine rings is 1. The van der Waals surface area contributed by atoms with Gasteiger partial charge in [0.25, 0.3) is 0 Å². The summed E-state index contributed by atoms with van der Waals surface area (Å²) >= 11 is 0. The number of benzene rings is 1. The molecule has 0 amide bonds. The summed E-state index contributed by atoms with van der Waals surface area (Å²) in [5.74, 6) is -3.32. The van der Waals surface area contributed by atoms with Gasteiger partial charge in [-0.15, -0.1) is 0 Å². The Morgan fingerprint density at radius 3 is 2.79 bits per heavy atom. The van der Waals surface area contributed by atoms with Crippen LogP contribution in [0.2, 0.25) is 0 Å². The molecule has 24 heavy (non-hydrogen) atoms. The zero-order valence-corrected chi connectivity index (χ0v) is 13.0. The molecule has 0 atom stereocenters. The van der Waals surface area contributed by atoms with Crippen LogP contribution in [0.25, 0.3) is 10.9 Å². The summed E-state index contributed by atoms with van der Waals surface area (Å²) in [4.78, 5) is 24.7. The van der Waals surface area contributed by atoms with Gasteiger partial charge in [0.05, 0.1) is 23.0 Å². The van der Waals surface area contributed by atoms with Gasteiger partial charge in [-0.05, 0) is 32.3 Å². The van der Waals surface area contributed by atoms with Crippen molar-refractivity contribution in [2.75, 3.05) is 13.2 Å². The van der Waals surface area contributed by atoms with Crippen molar-refractivity contribution in [3.63, 3.8) is 0 Å². The Morgan fingerprint density at radius 2 is 2.17 bits per heavy atom. The first kappa shape index (κ1) is 15.1. The van der Waals surface area contributed by atoms with Crippen LogP contribution in [0.15, 0.2) is 17.1 Å². The summed E-state index contributed by atoms with van der Waals surface area (Å²) in [7, 11) is 0. The van der Waals surface area contributed by atoms with Crippen molar-refractivity contribution >= 4 is 16.9 Å². The first-order valence-corrected chi connectivity index (χ1v) is 7.86. The van der Waals surface area contributed by atoms with Gasteiger partial charge in [0.1, 0.15) is 12.2 Å². The molecule has 126 valence electrons. The highest BCUT2D eigenvalue weighted by Crippen LogP contribution is 2.46. The predicted octanol–water partition coefficient (Wildman–Crippen LogP) is 2.73. The van der Waals surface area contributed by atoms with Crippen molar-refractivity contribution in [3.8, 4) is 5.75 Å². The minimum atomic E-state index is -1.17. The molecule has 1 spiro atoms. The lowest BCUT2D eigenvalue weighted by atomic mass is 9.76. The maximum Gasteiger partial charge on any atom is 0.343 e. The summed E-state index contributed by atoms with van der Waals surface area (Å²) in [6, 6.07) is 0.830. The summed E-state index contributed by atoms with van der Waals surface area (Å²) in [6.07, 6.45) is 3.94. The van der Waals surface area contributed by atoms with Crippen LogP contribution in [0.3, 0.4) is 0 Å². The Kier molecular flexibility index (Phi) is 3.16. The highest BCUT2D eigenvalue weighted by atomic mass is 19.2. The van der Waals surface area contributed by atoms with Crippen LogP contribution in [-0.2, 0) is 10.3 Å². The van der Waals surface area contributed by atoms with Gasteiger partial charge < -0.3 is 14.0 Å². The van der Waals surface area contributed by atoms with Crippen molar-refractivity contribution in [2.24, 2.45) is 0 Å². The van der Waals surface area contributed by atoms with E-state index in [1.807, 2.05) is 0 Å². The third kappa shape index (κ3) is 1.84. The van der Waals surface area contributed by atoms with E-state index in [2.05, 4.69) is 0 Å². The van der Waals surface area contributed by atoms with Crippen LogP contribution < -0.4 is 10.2 Å². The van der Waals surface area contributed by atoms with Crippen LogP contribution in [0.5, 0.6) is 5.75 Å². The first-order valence-electron chi connectivity index (χ1n) is 7.86. The van der Waals surface area contributed by atoms with E-state index in [9.17, 15) is 18.4 Å². The van der Waals surface area contributed by atoms with E-state index < -0.39 is 28.6 Å². The van der Waals surface area contributed by atoms with E-state index in [1.54, 1.807) is 11.5 Å². The standard InChI is InChI=1S/C17H15F2NO4/c1-2-23-16(22)10-7-20-13-9(14(10)21)6-11(18)12(19)15(13)24-8-17(20)4-3-5-17/h6-7H,2-5,8H2,1H3. The molecular weight excluding hydrogens is 320 g/mol. The lowest BCUT2D eigenvalue weighted by Crippen LogP contribution is -2.49. The second kappa shape index (κ2) is 5.03. The molecule has 5 nitrogen and oxygen atoms in total. The van der Waals surface area contributed by atoms with Crippen molar-refractivity contribution in [1.82, 2.24) is 4.57 Å². The lowest BCUT2D eigenvalue weighted by Gasteiger charge is -2.47. The first-order chi connectivity index (χ1) is 11.5. The van der Waals surface area contributed by atoms with Crippen molar-refractivity contribution in [1.29, 1.82) is 0 Å². The van der Waals surface area contributed by atoms with Gasteiger partial charge in [0.2, 0.25) is 11.2 Å². The van der Waals surface area contributed by atoms with Gasteiger partial charge >= 0.3 is 5.97 Å². The Labute approximate surface area is 135 Å². The van der Waals surface area contributed by atoms with E-state index in [-0.39, 0.29) is 35.4 Å². The van der Waals surface area contributed by atoms with Crippen molar-refractivity contribution in [2.45, 2.75) is 31.7 Å². The van der Waals surface area contributed by atoms with Gasteiger partial charge in [-0.3, -0.25) is 4.79 Å². The molecule has 1 aromatic carbocycles. The van der Waals surface area contributed by atoms with Gasteiger partial charge in [-0.25, -0.2) is 9.18 Å². The molecule has 7 heteroatoms. The second-order valence-corrected chi connectivity index (χ2v) is 6.23. The van der Waals surface area contributed by atoms with Gasteiger partial charge in [-0.2, -0.15) is 4.39 Å². The van der Waals surface area contributed by atoms with E-state index in [0.29, 0.717) is 0 Å². The molecule has 0 saturated heterocycles. The largest absolute Gasteiger partial charge is 0.486 e. The third-order valence-electron chi connectivity index (χ3n) is 4.91. The minimum Gasteiger partial charge on any atom is -0.486 e. The maximum atomic E-state index is 14.1. The van der Waals surface area contributed by atoms with Gasteiger partial charge in [0.15, 0.2) is 11.6 Å². The van der Waals surface area contributed by atoms with E-state index in [0.717, 1.165) is 25.3 Å². The predicted molar refractivity (Wildman–Crippen MR) is 81.4 cm³/mol. The Bertz CT molecular complexity index is 931. The topological polar surface area (TPSA) is 57.5 Å². The van der Waals surface area contributed by atoms with Crippen LogP contribution in [-0.4, -0.2) is 23.8 Å². The van der Waals surface area contributed by atoms with E-state index >= 15 is 0 Å². The summed E-state index contributed by atoms with van der Waals surface area (Å²) < 4.78 is 40.1. The molecule has 1 aliphatic carbocycles. The van der Waals surface area contributed by atoms with Crippen molar-refractivity contribution < 1.29 is 23.0 Å². The lowest BCUT2D eigenvalue weighted by molar-refractivity contribution is 0.0496. The molecule has 0 unspecified atom stereocenters. The molecular formula is C17H15F2NO4. The number of ether oxygens (including phenoxy) is 2. The molecule has 0 radical (unpaired) electrons. The number of carbonyl (C=O) groups excluding carboxylic acids is 1. The number of halogens is 2. The molecule has 2 heterocycles. The van der Waals surface area contributed by atoms with Crippen LogP contribution in [0.4, 0.5) is 8.78 Å². The average molecular weight is 335 g/mol.